The van der Waals surface area contributed by atoms with Gasteiger partial charge in [-0.1, -0.05) is 62.6 Å². The van der Waals surface area contributed by atoms with Crippen molar-refractivity contribution in [2.75, 3.05) is 6.61 Å². The van der Waals surface area contributed by atoms with Crippen LogP contribution in [0.15, 0.2) is 43.0 Å². The van der Waals surface area contributed by atoms with Crippen LogP contribution in [0.3, 0.4) is 0 Å². The molecule has 1 atom stereocenters. The minimum absolute atomic E-state index is 0.227. The Balaban J connectivity index is 2.09. The molecule has 0 aliphatic rings. The van der Waals surface area contributed by atoms with Crippen molar-refractivity contribution in [1.29, 1.82) is 0 Å². The first kappa shape index (κ1) is 16.0. The molecule has 0 radical (unpaired) electrons. The van der Waals surface area contributed by atoms with Crippen LogP contribution in [-0.4, -0.2) is 12.7 Å². The zero-order valence-corrected chi connectivity index (χ0v) is 12.3. The molecule has 106 valence electrons. The summed E-state index contributed by atoms with van der Waals surface area (Å²) in [5, 5.41) is 0. The molecular weight excluding hydrogens is 232 g/mol. The summed E-state index contributed by atoms with van der Waals surface area (Å²) in [5.41, 5.74) is 1.41. The van der Waals surface area contributed by atoms with Crippen LogP contribution in [0.5, 0.6) is 0 Å². The van der Waals surface area contributed by atoms with Gasteiger partial charge in [0, 0.05) is 6.61 Å². The molecule has 0 unspecified atom stereocenters. The van der Waals surface area contributed by atoms with Crippen LogP contribution >= 0.6 is 0 Å². The molecule has 0 bridgehead atoms. The van der Waals surface area contributed by atoms with Gasteiger partial charge < -0.3 is 4.74 Å². The predicted octanol–water partition coefficient (Wildman–Crippen LogP) is 5.16. The highest BCUT2D eigenvalue weighted by Crippen LogP contribution is 2.10. The SMILES string of the molecule is C=C[C@@H](CCCc1ccccc1)OCCCCCC. The topological polar surface area (TPSA) is 9.23 Å². The smallest absolute Gasteiger partial charge is 0.0753 e. The lowest BCUT2D eigenvalue weighted by atomic mass is 10.1. The lowest BCUT2D eigenvalue weighted by Gasteiger charge is -2.13. The van der Waals surface area contributed by atoms with Crippen LogP contribution < -0.4 is 0 Å². The van der Waals surface area contributed by atoms with Crippen molar-refractivity contribution in [3.8, 4) is 0 Å². The van der Waals surface area contributed by atoms with E-state index in [1.165, 1.54) is 31.2 Å². The Morgan fingerprint density at radius 1 is 1.11 bits per heavy atom. The van der Waals surface area contributed by atoms with Gasteiger partial charge in [0.05, 0.1) is 6.10 Å². The summed E-state index contributed by atoms with van der Waals surface area (Å²) in [6, 6.07) is 10.6. The Kier molecular flexibility index (Phi) is 9.09. The molecule has 0 aromatic heterocycles. The van der Waals surface area contributed by atoms with Crippen molar-refractivity contribution < 1.29 is 4.74 Å². The molecule has 0 heterocycles. The summed E-state index contributed by atoms with van der Waals surface area (Å²) in [5.74, 6) is 0. The molecule has 0 spiro atoms. The number of hydrogen-bond donors (Lipinski definition) is 0. The van der Waals surface area contributed by atoms with Crippen molar-refractivity contribution >= 4 is 0 Å². The maximum atomic E-state index is 5.86. The van der Waals surface area contributed by atoms with Crippen molar-refractivity contribution in [2.45, 2.75) is 58.0 Å². The van der Waals surface area contributed by atoms with E-state index in [4.69, 9.17) is 4.74 Å². The van der Waals surface area contributed by atoms with Crippen LogP contribution in [-0.2, 0) is 11.2 Å². The number of benzene rings is 1. The Morgan fingerprint density at radius 2 is 1.89 bits per heavy atom. The van der Waals surface area contributed by atoms with Crippen molar-refractivity contribution in [3.05, 3.63) is 48.6 Å². The van der Waals surface area contributed by atoms with Gasteiger partial charge in [0.25, 0.3) is 0 Å². The Labute approximate surface area is 118 Å². The van der Waals surface area contributed by atoms with Crippen LogP contribution in [0.2, 0.25) is 0 Å². The van der Waals surface area contributed by atoms with E-state index in [0.717, 1.165) is 25.9 Å². The van der Waals surface area contributed by atoms with Crippen LogP contribution in [0.25, 0.3) is 0 Å². The fourth-order valence-electron chi connectivity index (χ4n) is 2.18. The maximum absolute atomic E-state index is 5.86. The van der Waals surface area contributed by atoms with Crippen molar-refractivity contribution in [3.63, 3.8) is 0 Å². The summed E-state index contributed by atoms with van der Waals surface area (Å²) in [4.78, 5) is 0. The van der Waals surface area contributed by atoms with Gasteiger partial charge in [-0.3, -0.25) is 0 Å². The van der Waals surface area contributed by atoms with E-state index in [9.17, 15) is 0 Å². The largest absolute Gasteiger partial charge is 0.374 e. The summed E-state index contributed by atoms with van der Waals surface area (Å²) in [7, 11) is 0. The molecule has 19 heavy (non-hydrogen) atoms. The molecule has 0 fully saturated rings. The Bertz CT molecular complexity index is 318. The van der Waals surface area contributed by atoms with Gasteiger partial charge in [-0.05, 0) is 31.2 Å². The highest BCUT2D eigenvalue weighted by atomic mass is 16.5. The van der Waals surface area contributed by atoms with E-state index in [0.29, 0.717) is 0 Å². The van der Waals surface area contributed by atoms with Gasteiger partial charge >= 0.3 is 0 Å². The third-order valence-corrected chi connectivity index (χ3v) is 3.39. The molecule has 1 heteroatoms. The third kappa shape index (κ3) is 7.84. The summed E-state index contributed by atoms with van der Waals surface area (Å²) in [6.45, 7) is 6.99. The predicted molar refractivity (Wildman–Crippen MR) is 83.5 cm³/mol. The van der Waals surface area contributed by atoms with Gasteiger partial charge in [0.15, 0.2) is 0 Å². The number of rotatable bonds is 11. The standard InChI is InChI=1S/C18H28O/c1-3-5-6-10-16-19-18(4-2)15-11-14-17-12-8-7-9-13-17/h4,7-9,12-13,18H,2-3,5-6,10-11,14-16H2,1H3/t18-/m0/s1. The summed E-state index contributed by atoms with van der Waals surface area (Å²) in [6.07, 6.45) is 10.6. The zero-order valence-electron chi connectivity index (χ0n) is 12.3. The first-order valence-electron chi connectivity index (χ1n) is 7.65. The average Bonchev–Trinajstić information content (AvgIpc) is 2.46. The van der Waals surface area contributed by atoms with Crippen molar-refractivity contribution in [1.82, 2.24) is 0 Å². The van der Waals surface area contributed by atoms with Gasteiger partial charge in [-0.25, -0.2) is 0 Å². The van der Waals surface area contributed by atoms with E-state index in [1.54, 1.807) is 0 Å². The van der Waals surface area contributed by atoms with Gasteiger partial charge in [-0.15, -0.1) is 6.58 Å². The molecule has 0 saturated heterocycles. The van der Waals surface area contributed by atoms with E-state index in [-0.39, 0.29) is 6.10 Å². The third-order valence-electron chi connectivity index (χ3n) is 3.39. The minimum atomic E-state index is 0.227. The lowest BCUT2D eigenvalue weighted by Crippen LogP contribution is -2.11. The monoisotopic (exact) mass is 260 g/mol. The quantitative estimate of drug-likeness (QED) is 0.394. The Morgan fingerprint density at radius 3 is 2.58 bits per heavy atom. The second-order valence-electron chi connectivity index (χ2n) is 5.08. The molecule has 0 aliphatic heterocycles. The van der Waals surface area contributed by atoms with E-state index in [1.807, 2.05) is 6.08 Å². The summed E-state index contributed by atoms with van der Waals surface area (Å²) >= 11 is 0. The number of aryl methyl sites for hydroxylation is 1. The molecule has 1 aromatic carbocycles. The van der Waals surface area contributed by atoms with E-state index >= 15 is 0 Å². The zero-order chi connectivity index (χ0) is 13.8. The molecule has 0 saturated carbocycles. The fourth-order valence-corrected chi connectivity index (χ4v) is 2.18. The maximum Gasteiger partial charge on any atom is 0.0753 e. The highest BCUT2D eigenvalue weighted by molar-refractivity contribution is 5.14. The van der Waals surface area contributed by atoms with E-state index < -0.39 is 0 Å². The fraction of sp³-hybridized carbons (Fsp3) is 0.556. The molecule has 1 aromatic rings. The highest BCUT2D eigenvalue weighted by Gasteiger charge is 2.04. The van der Waals surface area contributed by atoms with Crippen LogP contribution in [0, 0.1) is 0 Å². The molecule has 0 N–H and O–H groups in total. The Hall–Kier alpha value is -1.08. The average molecular weight is 260 g/mol. The first-order valence-corrected chi connectivity index (χ1v) is 7.65. The van der Waals surface area contributed by atoms with Crippen molar-refractivity contribution in [2.24, 2.45) is 0 Å². The normalized spacial score (nSPS) is 12.3. The second kappa shape index (κ2) is 10.8. The molecule has 1 rings (SSSR count). The number of hydrogen-bond acceptors (Lipinski definition) is 1. The number of unbranched alkanes of at least 4 members (excludes halogenated alkanes) is 3. The van der Waals surface area contributed by atoms with Gasteiger partial charge in [-0.2, -0.15) is 0 Å². The summed E-state index contributed by atoms with van der Waals surface area (Å²) < 4.78 is 5.86. The van der Waals surface area contributed by atoms with Gasteiger partial charge in [0.1, 0.15) is 0 Å². The molecular formula is C18H28O. The lowest BCUT2D eigenvalue weighted by molar-refractivity contribution is 0.0753. The number of ether oxygens (including phenoxy) is 1. The molecule has 1 nitrogen and oxygen atoms in total. The second-order valence-corrected chi connectivity index (χ2v) is 5.08. The van der Waals surface area contributed by atoms with Crippen LogP contribution in [0.1, 0.15) is 51.0 Å². The van der Waals surface area contributed by atoms with E-state index in [2.05, 4.69) is 43.8 Å². The first-order chi connectivity index (χ1) is 9.36. The minimum Gasteiger partial charge on any atom is -0.374 e. The van der Waals surface area contributed by atoms with Crippen LogP contribution in [0.4, 0.5) is 0 Å². The molecule has 0 aliphatic carbocycles. The van der Waals surface area contributed by atoms with Gasteiger partial charge in [0.2, 0.25) is 0 Å². The molecule has 0 amide bonds.